The number of rotatable bonds is 5. The van der Waals surface area contributed by atoms with E-state index < -0.39 is 37.6 Å². The predicted molar refractivity (Wildman–Crippen MR) is 119 cm³/mol. The number of halogens is 2. The summed E-state index contributed by atoms with van der Waals surface area (Å²) in [6.07, 6.45) is 0. The monoisotopic (exact) mass is 449 g/mol. The minimum atomic E-state index is -4.31. The van der Waals surface area contributed by atoms with Crippen LogP contribution in [-0.4, -0.2) is 37.7 Å². The molecule has 0 radical (unpaired) electrons. The van der Waals surface area contributed by atoms with Crippen LogP contribution >= 0.6 is 23.2 Å². The zero-order valence-corrected chi connectivity index (χ0v) is 18.2. The van der Waals surface area contributed by atoms with Gasteiger partial charge in [-0.15, -0.1) is 0 Å². The van der Waals surface area contributed by atoms with Gasteiger partial charge in [0.05, 0.1) is 4.55 Å². The number of ether oxygens (including phenoxy) is 1. The van der Waals surface area contributed by atoms with Crippen LogP contribution in [0.25, 0.3) is 0 Å². The molecule has 6 nitrogen and oxygen atoms in total. The van der Waals surface area contributed by atoms with Gasteiger partial charge in [0.15, 0.2) is 13.3 Å². The first-order chi connectivity index (χ1) is 13.4. The van der Waals surface area contributed by atoms with Crippen molar-refractivity contribution < 1.29 is 22.1 Å². The molecule has 1 heterocycles. The van der Waals surface area contributed by atoms with Crippen molar-refractivity contribution in [3.05, 3.63) is 81.3 Å². The highest BCUT2D eigenvalue weighted by atomic mass is 35.5. The number of carbonyl (C=O) groups is 1. The minimum absolute atomic E-state index is 0.215. The van der Waals surface area contributed by atoms with Gasteiger partial charge in [-0.3, -0.25) is 4.79 Å². The molecule has 0 saturated heterocycles. The van der Waals surface area contributed by atoms with Crippen molar-refractivity contribution in [3.63, 3.8) is 0 Å². The van der Waals surface area contributed by atoms with Crippen LogP contribution in [-0.2, 0) is 33.9 Å². The molecule has 1 aliphatic rings. The van der Waals surface area contributed by atoms with Crippen molar-refractivity contribution in [1.82, 2.24) is 0 Å². The summed E-state index contributed by atoms with van der Waals surface area (Å²) >= 11 is 12.2. The maximum atomic E-state index is 13.1. The van der Waals surface area contributed by atoms with Gasteiger partial charge in [0.1, 0.15) is 15.7 Å². The molecule has 3 rings (SSSR count). The zero-order chi connectivity index (χ0) is 21.6. The number of benzene rings is 2. The van der Waals surface area contributed by atoms with Crippen molar-refractivity contribution in [3.8, 4) is 0 Å². The van der Waals surface area contributed by atoms with Crippen LogP contribution in [0.1, 0.15) is 11.1 Å². The average Bonchev–Trinajstić information content (AvgIpc) is 2.88. The third-order valence-corrected chi connectivity index (χ3v) is 7.34. The lowest BCUT2D eigenvalue weighted by Crippen LogP contribution is -2.40. The normalized spacial score (nSPS) is 19.9. The van der Waals surface area contributed by atoms with Crippen LogP contribution in [0, 0.1) is 0 Å². The van der Waals surface area contributed by atoms with Crippen LogP contribution < -0.4 is 5.73 Å². The van der Waals surface area contributed by atoms with E-state index >= 15 is 0 Å². The Morgan fingerprint density at radius 1 is 1.10 bits per heavy atom. The molecule has 0 bridgehead atoms. The molecular weight excluding hydrogens is 434 g/mol. The quantitative estimate of drug-likeness (QED) is 0.507. The Hall–Kier alpha value is -2.03. The summed E-state index contributed by atoms with van der Waals surface area (Å²) in [6, 6.07) is 13.0. The fourth-order valence-electron chi connectivity index (χ4n) is 2.96. The molecule has 0 amide bonds. The molecule has 148 valence electrons. The summed E-state index contributed by atoms with van der Waals surface area (Å²) in [7, 11) is 0.0590. The maximum Gasteiger partial charge on any atom is 0.304 e. The van der Waals surface area contributed by atoms with Crippen molar-refractivity contribution >= 4 is 62.6 Å². The summed E-state index contributed by atoms with van der Waals surface area (Å²) in [5, 5.41) is 0.541. The second-order valence-corrected chi connectivity index (χ2v) is 10.1. The first-order valence-electron chi connectivity index (χ1n) is 8.59. The molecule has 0 saturated carbocycles. The average molecular weight is 450 g/mol. The molecule has 29 heavy (non-hydrogen) atoms. The third-order valence-electron chi connectivity index (χ3n) is 4.91. The van der Waals surface area contributed by atoms with E-state index in [0.717, 1.165) is 0 Å². The van der Waals surface area contributed by atoms with E-state index in [9.17, 15) is 13.2 Å². The van der Waals surface area contributed by atoms with Gasteiger partial charge in [-0.1, -0.05) is 53.5 Å². The van der Waals surface area contributed by atoms with Crippen LogP contribution in [0.4, 0.5) is 0 Å². The molecule has 1 aliphatic heterocycles. The summed E-state index contributed by atoms with van der Waals surface area (Å²) in [5.41, 5.74) is 4.90. The van der Waals surface area contributed by atoms with Crippen molar-refractivity contribution in [1.29, 1.82) is 0 Å². The highest BCUT2D eigenvalue weighted by Gasteiger charge is 2.51. The molecule has 0 aromatic heterocycles. The Labute approximate surface area is 181 Å². The largest absolute Gasteiger partial charge is 0.467 e. The highest BCUT2D eigenvalue weighted by Crippen LogP contribution is 2.41. The van der Waals surface area contributed by atoms with Gasteiger partial charge in [-0.25, -0.2) is 0 Å². The fraction of sp³-hybridized carbons (Fsp3) is 0.118. The fourth-order valence-corrected chi connectivity index (χ4v) is 4.44. The second-order valence-electron chi connectivity index (χ2n) is 7.20. The first-order valence-corrected chi connectivity index (χ1v) is 10.8. The Bertz CT molecular complexity index is 1130. The summed E-state index contributed by atoms with van der Waals surface area (Å²) < 4.78 is 35.3. The molecule has 12 heteroatoms. The molecule has 0 fully saturated rings. The van der Waals surface area contributed by atoms with E-state index in [-0.39, 0.29) is 10.6 Å². The zero-order valence-electron chi connectivity index (χ0n) is 15.9. The van der Waals surface area contributed by atoms with E-state index in [0.29, 0.717) is 10.6 Å². The van der Waals surface area contributed by atoms with E-state index in [2.05, 4.69) is 0 Å². The number of Topliss-reactive ketones (excluding diaryl/α,β-unsaturated/α-hetero) is 1. The van der Waals surface area contributed by atoms with Gasteiger partial charge in [0, 0.05) is 15.6 Å². The van der Waals surface area contributed by atoms with Gasteiger partial charge in [0.2, 0.25) is 17.4 Å². The van der Waals surface area contributed by atoms with Crippen LogP contribution in [0.5, 0.6) is 0 Å². The van der Waals surface area contributed by atoms with Crippen molar-refractivity contribution in [2.75, 3.05) is 0 Å². The third kappa shape index (κ3) is 3.65. The van der Waals surface area contributed by atoms with Crippen LogP contribution in [0.3, 0.4) is 0 Å². The SMILES string of the molecule is BC(B)(c1ccccc1)S(=O)(=O)OC1=C(N)O[C@](B)(c2cc(Cl)ccc2Cl)C1=O. The van der Waals surface area contributed by atoms with Crippen molar-refractivity contribution in [2.24, 2.45) is 5.73 Å². The Kier molecular flexibility index (Phi) is 5.49. The van der Waals surface area contributed by atoms with Gasteiger partial charge >= 0.3 is 10.1 Å². The van der Waals surface area contributed by atoms with Gasteiger partial charge < -0.3 is 14.7 Å². The van der Waals surface area contributed by atoms with E-state index in [1.165, 1.54) is 35.7 Å². The van der Waals surface area contributed by atoms with Gasteiger partial charge in [0.25, 0.3) is 0 Å². The van der Waals surface area contributed by atoms with Crippen LogP contribution in [0.2, 0.25) is 10.0 Å². The second kappa shape index (κ2) is 7.34. The van der Waals surface area contributed by atoms with E-state index in [4.69, 9.17) is 37.9 Å². The topological polar surface area (TPSA) is 95.7 Å². The maximum absolute atomic E-state index is 13.1. The van der Waals surface area contributed by atoms with Crippen LogP contribution in [0.15, 0.2) is 60.2 Å². The number of nitrogens with two attached hydrogens (primary N) is 1. The molecule has 0 spiro atoms. The van der Waals surface area contributed by atoms with E-state index in [1.807, 2.05) is 0 Å². The lowest BCUT2D eigenvalue weighted by Gasteiger charge is -2.26. The molecule has 1 atom stereocenters. The Morgan fingerprint density at radius 2 is 1.72 bits per heavy atom. The molecular formula is C17H16B3Cl2NO5S. The molecule has 0 unspecified atom stereocenters. The first kappa shape index (κ1) is 21.7. The number of hydrogen-bond donors (Lipinski definition) is 1. The summed E-state index contributed by atoms with van der Waals surface area (Å²) in [6.45, 7) is 0. The Morgan fingerprint density at radius 3 is 2.34 bits per heavy atom. The minimum Gasteiger partial charge on any atom is -0.467 e. The standard InChI is InChI=1S/C17H16B3Cl2NO5S/c18-16(11-8-10(21)6-7-12(11)22)14(24)13(15(23)27-16)28-29(25,26)17(19,20)9-4-2-1-3-5-9/h1-8H,18-20,23H2/t16-/m1/s1. The van der Waals surface area contributed by atoms with Gasteiger partial charge in [-0.05, 0) is 23.8 Å². The highest BCUT2D eigenvalue weighted by molar-refractivity contribution is 7.90. The summed E-state index contributed by atoms with van der Waals surface area (Å²) in [5.74, 6) is -1.81. The Balaban J connectivity index is 1.97. The van der Waals surface area contributed by atoms with Gasteiger partial charge in [-0.2, -0.15) is 8.42 Å². The summed E-state index contributed by atoms with van der Waals surface area (Å²) in [4.78, 5) is 13.1. The lowest BCUT2D eigenvalue weighted by molar-refractivity contribution is -0.126. The van der Waals surface area contributed by atoms with Crippen molar-refractivity contribution in [2.45, 2.75) is 10.0 Å². The molecule has 2 N–H and O–H groups in total. The number of hydrogen-bond acceptors (Lipinski definition) is 6. The molecule has 0 aliphatic carbocycles. The molecule has 2 aromatic rings. The molecule has 2 aromatic carbocycles. The number of carbonyl (C=O) groups excluding carboxylic acids is 1. The number of ketones is 1. The van der Waals surface area contributed by atoms with E-state index in [1.54, 1.807) is 36.4 Å². The predicted octanol–water partition coefficient (Wildman–Crippen LogP) is -0.0705. The smallest absolute Gasteiger partial charge is 0.304 e. The lowest BCUT2D eigenvalue weighted by atomic mass is 9.65.